The van der Waals surface area contributed by atoms with E-state index in [1.165, 1.54) is 0 Å². The average Bonchev–Trinajstić information content (AvgIpc) is 2.56. The maximum Gasteiger partial charge on any atom is 0.408 e. The minimum Gasteiger partial charge on any atom is -0.444 e. The van der Waals surface area contributed by atoms with Gasteiger partial charge in [-0.1, -0.05) is 30.3 Å². The van der Waals surface area contributed by atoms with Crippen molar-refractivity contribution in [3.8, 4) is 0 Å². The summed E-state index contributed by atoms with van der Waals surface area (Å²) >= 11 is 0. The highest BCUT2D eigenvalue weighted by molar-refractivity contribution is 5.79. The third-order valence-electron chi connectivity index (χ3n) is 3.37. The van der Waals surface area contributed by atoms with Gasteiger partial charge in [-0.2, -0.15) is 13.2 Å². The van der Waals surface area contributed by atoms with Crippen LogP contribution in [0.1, 0.15) is 45.7 Å². The summed E-state index contributed by atoms with van der Waals surface area (Å²) in [6.07, 6.45) is -5.79. The number of halogens is 3. The Morgan fingerprint density at radius 2 is 1.79 bits per heavy atom. The second-order valence-electron chi connectivity index (χ2n) is 7.12. The second kappa shape index (κ2) is 10.8. The molecule has 28 heavy (non-hydrogen) atoms. The fourth-order valence-corrected chi connectivity index (χ4v) is 2.22. The van der Waals surface area contributed by atoms with E-state index in [4.69, 9.17) is 4.74 Å². The molecular formula is C19H29F3N4O2. The summed E-state index contributed by atoms with van der Waals surface area (Å²) in [7, 11) is 0. The Kier molecular flexibility index (Phi) is 9.08. The molecule has 1 aromatic carbocycles. The van der Waals surface area contributed by atoms with Gasteiger partial charge < -0.3 is 20.7 Å². The zero-order chi connectivity index (χ0) is 21.2. The van der Waals surface area contributed by atoms with E-state index >= 15 is 0 Å². The summed E-state index contributed by atoms with van der Waals surface area (Å²) in [6.45, 7) is 7.43. The lowest BCUT2D eigenvalue weighted by Gasteiger charge is -2.23. The molecule has 1 atom stereocenters. The van der Waals surface area contributed by atoms with Gasteiger partial charge in [-0.25, -0.2) is 4.79 Å². The Balaban J connectivity index is 2.84. The van der Waals surface area contributed by atoms with Crippen molar-refractivity contribution in [1.29, 1.82) is 0 Å². The highest BCUT2D eigenvalue weighted by Crippen LogP contribution is 2.18. The number of alkyl carbamates (subject to hydrolysis) is 1. The fourth-order valence-electron chi connectivity index (χ4n) is 2.22. The van der Waals surface area contributed by atoms with Crippen LogP contribution in [0, 0.1) is 0 Å². The molecule has 3 N–H and O–H groups in total. The van der Waals surface area contributed by atoms with Gasteiger partial charge in [0.1, 0.15) is 5.60 Å². The number of amides is 1. The average molecular weight is 402 g/mol. The van der Waals surface area contributed by atoms with Crippen LogP contribution in [0.3, 0.4) is 0 Å². The molecule has 0 saturated carbocycles. The first-order valence-corrected chi connectivity index (χ1v) is 9.13. The Labute approximate surface area is 163 Å². The molecule has 1 rings (SSSR count). The normalized spacial score (nSPS) is 13.6. The van der Waals surface area contributed by atoms with Crippen LogP contribution in [0.2, 0.25) is 0 Å². The molecule has 0 spiro atoms. The zero-order valence-electron chi connectivity index (χ0n) is 16.7. The Bertz CT molecular complexity index is 628. The highest BCUT2D eigenvalue weighted by atomic mass is 19.4. The van der Waals surface area contributed by atoms with Crippen molar-refractivity contribution in [2.45, 2.75) is 51.9 Å². The number of ether oxygens (including phenoxy) is 1. The first kappa shape index (κ1) is 23.6. The SMILES string of the molecule is CCNC(=NCC(NC(=O)OC(C)(C)C)c1ccccc1)NCCC(F)(F)F. The summed E-state index contributed by atoms with van der Waals surface area (Å²) in [5.74, 6) is 0.249. The predicted molar refractivity (Wildman–Crippen MR) is 103 cm³/mol. The molecule has 1 aromatic rings. The van der Waals surface area contributed by atoms with Gasteiger partial charge in [0.05, 0.1) is 19.0 Å². The third kappa shape index (κ3) is 10.6. The molecule has 9 heteroatoms. The molecule has 0 radical (unpaired) electrons. The van der Waals surface area contributed by atoms with Crippen LogP contribution in [0.5, 0.6) is 0 Å². The quantitative estimate of drug-likeness (QED) is 0.480. The molecular weight excluding hydrogens is 373 g/mol. The lowest BCUT2D eigenvalue weighted by Crippen LogP contribution is -2.40. The van der Waals surface area contributed by atoms with Gasteiger partial charge in [0.15, 0.2) is 5.96 Å². The molecule has 0 heterocycles. The number of nitrogens with one attached hydrogen (secondary N) is 3. The van der Waals surface area contributed by atoms with Gasteiger partial charge in [-0.05, 0) is 33.3 Å². The molecule has 1 amide bonds. The van der Waals surface area contributed by atoms with Crippen LogP contribution in [-0.4, -0.2) is 43.5 Å². The van der Waals surface area contributed by atoms with Crippen LogP contribution in [0.25, 0.3) is 0 Å². The molecule has 6 nitrogen and oxygen atoms in total. The minimum atomic E-state index is -4.24. The van der Waals surface area contributed by atoms with Gasteiger partial charge >= 0.3 is 12.3 Å². The summed E-state index contributed by atoms with van der Waals surface area (Å²) in [6, 6.07) is 8.68. The molecule has 0 saturated heterocycles. The molecule has 0 aliphatic rings. The fraction of sp³-hybridized carbons (Fsp3) is 0.579. The van der Waals surface area contributed by atoms with E-state index in [-0.39, 0.29) is 19.0 Å². The lowest BCUT2D eigenvalue weighted by molar-refractivity contribution is -0.132. The van der Waals surface area contributed by atoms with Crippen molar-refractivity contribution in [2.24, 2.45) is 4.99 Å². The van der Waals surface area contributed by atoms with E-state index in [0.29, 0.717) is 6.54 Å². The van der Waals surface area contributed by atoms with Gasteiger partial charge in [-0.15, -0.1) is 0 Å². The van der Waals surface area contributed by atoms with Gasteiger partial charge in [0, 0.05) is 13.1 Å². The van der Waals surface area contributed by atoms with Crippen LogP contribution < -0.4 is 16.0 Å². The summed E-state index contributed by atoms with van der Waals surface area (Å²) < 4.78 is 42.3. The standard InChI is InChI=1S/C19H29F3N4O2/c1-5-23-16(24-12-11-19(20,21)22)25-13-15(14-9-7-6-8-10-14)26-17(27)28-18(2,3)4/h6-10,15H,5,11-13H2,1-4H3,(H,26,27)(H2,23,24,25). The van der Waals surface area contributed by atoms with E-state index in [1.807, 2.05) is 37.3 Å². The van der Waals surface area contributed by atoms with Gasteiger partial charge in [0.2, 0.25) is 0 Å². The Hall–Kier alpha value is -2.45. The molecule has 1 unspecified atom stereocenters. The van der Waals surface area contributed by atoms with E-state index in [2.05, 4.69) is 20.9 Å². The summed E-state index contributed by atoms with van der Waals surface area (Å²) in [4.78, 5) is 16.5. The van der Waals surface area contributed by atoms with Crippen LogP contribution in [0.4, 0.5) is 18.0 Å². The number of hydrogen-bond acceptors (Lipinski definition) is 3. The summed E-state index contributed by atoms with van der Waals surface area (Å²) in [5.41, 5.74) is 0.158. The Morgan fingerprint density at radius 1 is 1.14 bits per heavy atom. The number of rotatable bonds is 7. The molecule has 0 bridgehead atoms. The number of carbonyl (C=O) groups excluding carboxylic acids is 1. The van der Waals surface area contributed by atoms with Crippen LogP contribution in [-0.2, 0) is 4.74 Å². The molecule has 0 aliphatic heterocycles. The number of benzene rings is 1. The van der Waals surface area contributed by atoms with E-state index in [9.17, 15) is 18.0 Å². The predicted octanol–water partition coefficient (Wildman–Crippen LogP) is 3.76. The molecule has 0 aliphatic carbocycles. The number of guanidine groups is 1. The molecule has 0 fully saturated rings. The smallest absolute Gasteiger partial charge is 0.408 e. The number of alkyl halides is 3. The summed E-state index contributed by atoms with van der Waals surface area (Å²) in [5, 5.41) is 8.31. The lowest BCUT2D eigenvalue weighted by atomic mass is 10.1. The zero-order valence-corrected chi connectivity index (χ0v) is 16.7. The monoisotopic (exact) mass is 402 g/mol. The topological polar surface area (TPSA) is 74.8 Å². The van der Waals surface area contributed by atoms with E-state index in [0.717, 1.165) is 5.56 Å². The van der Waals surface area contributed by atoms with Crippen molar-refractivity contribution in [3.63, 3.8) is 0 Å². The minimum absolute atomic E-state index is 0.130. The van der Waals surface area contributed by atoms with Crippen molar-refractivity contribution >= 4 is 12.1 Å². The van der Waals surface area contributed by atoms with E-state index < -0.39 is 30.3 Å². The second-order valence-corrected chi connectivity index (χ2v) is 7.12. The molecule has 0 aromatic heterocycles. The number of hydrogen-bond donors (Lipinski definition) is 3. The molecule has 158 valence electrons. The van der Waals surface area contributed by atoms with Gasteiger partial charge in [0.25, 0.3) is 0 Å². The van der Waals surface area contributed by atoms with Gasteiger partial charge in [-0.3, -0.25) is 4.99 Å². The number of aliphatic imine (C=N–C) groups is 1. The first-order valence-electron chi connectivity index (χ1n) is 9.13. The van der Waals surface area contributed by atoms with Crippen molar-refractivity contribution in [1.82, 2.24) is 16.0 Å². The van der Waals surface area contributed by atoms with Crippen LogP contribution in [0.15, 0.2) is 35.3 Å². The third-order valence-corrected chi connectivity index (χ3v) is 3.37. The maximum absolute atomic E-state index is 12.3. The largest absolute Gasteiger partial charge is 0.444 e. The number of nitrogens with zero attached hydrogens (tertiary/aromatic N) is 1. The first-order chi connectivity index (χ1) is 13.0. The van der Waals surface area contributed by atoms with E-state index in [1.54, 1.807) is 20.8 Å². The Morgan fingerprint density at radius 3 is 2.32 bits per heavy atom. The maximum atomic E-state index is 12.3. The van der Waals surface area contributed by atoms with Crippen molar-refractivity contribution in [3.05, 3.63) is 35.9 Å². The highest BCUT2D eigenvalue weighted by Gasteiger charge is 2.26. The van der Waals surface area contributed by atoms with Crippen molar-refractivity contribution < 1.29 is 22.7 Å². The van der Waals surface area contributed by atoms with Crippen molar-refractivity contribution in [2.75, 3.05) is 19.6 Å². The van der Waals surface area contributed by atoms with Crippen LogP contribution >= 0.6 is 0 Å². The number of carbonyl (C=O) groups is 1.